The first-order valence-corrected chi connectivity index (χ1v) is 9.69. The Balaban J connectivity index is 0.00000225. The minimum atomic E-state index is -3.50. The van der Waals surface area contributed by atoms with E-state index < -0.39 is 10.0 Å². The third-order valence-corrected chi connectivity index (χ3v) is 5.80. The predicted octanol–water partition coefficient (Wildman–Crippen LogP) is 1.69. The van der Waals surface area contributed by atoms with Crippen molar-refractivity contribution >= 4 is 33.4 Å². The maximum absolute atomic E-state index is 12.5. The van der Waals surface area contributed by atoms with Crippen LogP contribution in [0.2, 0.25) is 0 Å². The Bertz CT molecular complexity index is 782. The van der Waals surface area contributed by atoms with Gasteiger partial charge < -0.3 is 14.6 Å². The molecular formula is C16H24ClN3O4S. The lowest BCUT2D eigenvalue weighted by Gasteiger charge is -2.37. The zero-order chi connectivity index (χ0) is 17.0. The molecule has 2 heterocycles. The summed E-state index contributed by atoms with van der Waals surface area (Å²) in [6.07, 6.45) is 1.77. The summed E-state index contributed by atoms with van der Waals surface area (Å²) in [5.74, 6) is -0.189. The lowest BCUT2D eigenvalue weighted by Crippen LogP contribution is -2.47. The first-order valence-electron chi connectivity index (χ1n) is 8.04. The van der Waals surface area contributed by atoms with Crippen molar-refractivity contribution in [1.29, 1.82) is 0 Å². The molecule has 1 aliphatic rings. The molecule has 1 aromatic heterocycles. The third kappa shape index (κ3) is 4.92. The van der Waals surface area contributed by atoms with Gasteiger partial charge in [0.25, 0.3) is 0 Å². The van der Waals surface area contributed by atoms with Crippen LogP contribution in [0.25, 0.3) is 11.0 Å². The lowest BCUT2D eigenvalue weighted by atomic mass is 9.80. The van der Waals surface area contributed by atoms with Gasteiger partial charge in [0.2, 0.25) is 10.0 Å². The van der Waals surface area contributed by atoms with Gasteiger partial charge in [-0.2, -0.15) is 0 Å². The number of sulfonamides is 1. The number of nitrogens with zero attached hydrogens (tertiary/aromatic N) is 1. The Morgan fingerprint density at radius 1 is 1.32 bits per heavy atom. The van der Waals surface area contributed by atoms with Crippen molar-refractivity contribution in [3.05, 3.63) is 30.0 Å². The number of fused-ring (bicyclic) bond motifs is 1. The highest BCUT2D eigenvalue weighted by atomic mass is 35.5. The van der Waals surface area contributed by atoms with E-state index in [4.69, 9.17) is 9.26 Å². The Morgan fingerprint density at radius 3 is 2.76 bits per heavy atom. The number of methoxy groups -OCH3 is 1. The molecule has 0 amide bonds. The fourth-order valence-electron chi connectivity index (χ4n) is 3.17. The second-order valence-corrected chi connectivity index (χ2v) is 8.20. The molecule has 7 nitrogen and oxygen atoms in total. The van der Waals surface area contributed by atoms with Crippen LogP contribution in [0, 0.1) is 5.41 Å². The largest absolute Gasteiger partial charge is 0.384 e. The van der Waals surface area contributed by atoms with Crippen LogP contribution in [0.3, 0.4) is 0 Å². The molecule has 0 saturated carbocycles. The lowest BCUT2D eigenvalue weighted by molar-refractivity contribution is 0.0577. The monoisotopic (exact) mass is 389 g/mol. The first-order chi connectivity index (χ1) is 11.5. The molecule has 0 unspecified atom stereocenters. The van der Waals surface area contributed by atoms with Gasteiger partial charge in [0.1, 0.15) is 11.4 Å². The molecule has 1 saturated heterocycles. The number of rotatable bonds is 7. The van der Waals surface area contributed by atoms with Gasteiger partial charge in [-0.3, -0.25) is 0 Å². The van der Waals surface area contributed by atoms with E-state index >= 15 is 0 Å². The molecule has 0 bridgehead atoms. The molecular weight excluding hydrogens is 366 g/mol. The van der Waals surface area contributed by atoms with E-state index in [0.717, 1.165) is 31.3 Å². The highest BCUT2D eigenvalue weighted by Gasteiger charge is 2.33. The van der Waals surface area contributed by atoms with Crippen molar-refractivity contribution in [1.82, 2.24) is 15.2 Å². The minimum Gasteiger partial charge on any atom is -0.384 e. The molecule has 0 radical (unpaired) electrons. The second kappa shape index (κ2) is 8.46. The van der Waals surface area contributed by atoms with Gasteiger partial charge in [0.15, 0.2) is 5.58 Å². The van der Waals surface area contributed by atoms with Crippen LogP contribution < -0.4 is 10.0 Å². The van der Waals surface area contributed by atoms with Crippen LogP contribution in [-0.2, 0) is 20.5 Å². The van der Waals surface area contributed by atoms with Crippen molar-refractivity contribution in [2.24, 2.45) is 5.41 Å². The molecule has 9 heteroatoms. The standard InChI is InChI=1S/C16H23N3O4S.ClH/c1-22-12-16(6-8-17-9-7-16)11-18-24(20,21)10-14-13-4-2-3-5-15(13)23-19-14;/h2-5,17-18H,6-12H2,1H3;1H. The molecule has 0 atom stereocenters. The van der Waals surface area contributed by atoms with E-state index in [1.165, 1.54) is 0 Å². The van der Waals surface area contributed by atoms with Gasteiger partial charge in [-0.15, -0.1) is 12.4 Å². The number of hydrogen-bond donors (Lipinski definition) is 2. The van der Waals surface area contributed by atoms with E-state index in [1.807, 2.05) is 18.2 Å². The molecule has 1 aromatic carbocycles. The molecule has 2 aromatic rings. The molecule has 0 spiro atoms. The number of aromatic nitrogens is 1. The fraction of sp³-hybridized carbons (Fsp3) is 0.562. The van der Waals surface area contributed by atoms with Crippen LogP contribution in [0.1, 0.15) is 18.5 Å². The van der Waals surface area contributed by atoms with E-state index in [2.05, 4.69) is 15.2 Å². The molecule has 0 aliphatic carbocycles. The summed E-state index contributed by atoms with van der Waals surface area (Å²) in [5, 5.41) is 7.93. The number of benzene rings is 1. The summed E-state index contributed by atoms with van der Waals surface area (Å²) in [6, 6.07) is 7.26. The van der Waals surface area contributed by atoms with Crippen LogP contribution in [0.5, 0.6) is 0 Å². The summed E-state index contributed by atoms with van der Waals surface area (Å²) in [4.78, 5) is 0. The minimum absolute atomic E-state index is 0. The van der Waals surface area contributed by atoms with Crippen molar-refractivity contribution in [2.45, 2.75) is 18.6 Å². The van der Waals surface area contributed by atoms with Crippen molar-refractivity contribution in [3.8, 4) is 0 Å². The maximum atomic E-state index is 12.5. The molecule has 25 heavy (non-hydrogen) atoms. The second-order valence-electron chi connectivity index (χ2n) is 6.39. The average Bonchev–Trinajstić information content (AvgIpc) is 2.97. The highest BCUT2D eigenvalue weighted by molar-refractivity contribution is 7.88. The molecule has 1 fully saturated rings. The van der Waals surface area contributed by atoms with Crippen LogP contribution in [-0.4, -0.2) is 46.9 Å². The summed E-state index contributed by atoms with van der Waals surface area (Å²) in [5.41, 5.74) is 0.875. The van der Waals surface area contributed by atoms with Gasteiger partial charge in [0, 0.05) is 24.5 Å². The van der Waals surface area contributed by atoms with Crippen molar-refractivity contribution in [2.75, 3.05) is 33.4 Å². The highest BCUT2D eigenvalue weighted by Crippen LogP contribution is 2.28. The quantitative estimate of drug-likeness (QED) is 0.748. The van der Waals surface area contributed by atoms with E-state index in [9.17, 15) is 8.42 Å². The summed E-state index contributed by atoms with van der Waals surface area (Å²) in [6.45, 7) is 2.67. The van der Waals surface area contributed by atoms with Gasteiger partial charge in [-0.1, -0.05) is 17.3 Å². The Labute approximate surface area is 153 Å². The number of piperidine rings is 1. The Kier molecular flexibility index (Phi) is 6.81. The number of ether oxygens (including phenoxy) is 1. The number of hydrogen-bond acceptors (Lipinski definition) is 6. The Morgan fingerprint density at radius 2 is 2.04 bits per heavy atom. The van der Waals surface area contributed by atoms with Crippen molar-refractivity contribution < 1.29 is 17.7 Å². The van der Waals surface area contributed by atoms with Crippen LogP contribution >= 0.6 is 12.4 Å². The normalized spacial score (nSPS) is 17.3. The molecule has 1 aliphatic heterocycles. The number of para-hydroxylation sites is 1. The van der Waals surface area contributed by atoms with Gasteiger partial charge in [-0.25, -0.2) is 13.1 Å². The third-order valence-electron chi connectivity index (χ3n) is 4.56. The molecule has 2 N–H and O–H groups in total. The average molecular weight is 390 g/mol. The summed E-state index contributed by atoms with van der Waals surface area (Å²) >= 11 is 0. The zero-order valence-electron chi connectivity index (χ0n) is 14.2. The van der Waals surface area contributed by atoms with Gasteiger partial charge >= 0.3 is 0 Å². The first kappa shape index (κ1) is 20.1. The number of halogens is 1. The maximum Gasteiger partial charge on any atom is 0.217 e. The molecule has 3 rings (SSSR count). The van der Waals surface area contributed by atoms with E-state index in [-0.39, 0.29) is 23.6 Å². The van der Waals surface area contributed by atoms with Crippen molar-refractivity contribution in [3.63, 3.8) is 0 Å². The molecule has 140 valence electrons. The Hall–Kier alpha value is -1.19. The number of nitrogens with one attached hydrogen (secondary N) is 2. The topological polar surface area (TPSA) is 93.5 Å². The summed E-state index contributed by atoms with van der Waals surface area (Å²) in [7, 11) is -1.85. The SMILES string of the molecule is COCC1(CNS(=O)(=O)Cc2noc3ccccc23)CCNCC1.Cl. The smallest absolute Gasteiger partial charge is 0.217 e. The van der Waals surface area contributed by atoms with Gasteiger partial charge in [-0.05, 0) is 38.1 Å². The predicted molar refractivity (Wildman–Crippen MR) is 98.3 cm³/mol. The van der Waals surface area contributed by atoms with Crippen LogP contribution in [0.4, 0.5) is 0 Å². The zero-order valence-corrected chi connectivity index (χ0v) is 15.8. The van der Waals surface area contributed by atoms with Crippen LogP contribution in [0.15, 0.2) is 28.8 Å². The van der Waals surface area contributed by atoms with E-state index in [0.29, 0.717) is 24.4 Å². The summed E-state index contributed by atoms with van der Waals surface area (Å²) < 4.78 is 38.2. The van der Waals surface area contributed by atoms with E-state index in [1.54, 1.807) is 13.2 Å². The fourth-order valence-corrected chi connectivity index (χ4v) is 4.37. The van der Waals surface area contributed by atoms with Gasteiger partial charge in [0.05, 0.1) is 6.61 Å².